The third-order valence-corrected chi connectivity index (χ3v) is 4.22. The molecule has 3 aromatic rings. The second-order valence-corrected chi connectivity index (χ2v) is 6.65. The van der Waals surface area contributed by atoms with E-state index in [9.17, 15) is 9.59 Å². The van der Waals surface area contributed by atoms with Gasteiger partial charge in [0.15, 0.2) is 0 Å². The van der Waals surface area contributed by atoms with E-state index in [2.05, 4.69) is 10.3 Å². The van der Waals surface area contributed by atoms with Crippen LogP contribution >= 0.6 is 0 Å². The fourth-order valence-electron chi connectivity index (χ4n) is 2.77. The zero-order chi connectivity index (χ0) is 18.3. The molecule has 0 aromatic carbocycles. The summed E-state index contributed by atoms with van der Waals surface area (Å²) in [4.78, 5) is 29.9. The lowest BCUT2D eigenvalue weighted by molar-refractivity contribution is -0.632. The normalized spacial score (nSPS) is 11.4. The largest absolute Gasteiger partial charge is 0.352 e. The van der Waals surface area contributed by atoms with Crippen molar-refractivity contribution in [1.82, 2.24) is 14.7 Å². The summed E-state index contributed by atoms with van der Waals surface area (Å²) in [7, 11) is 1.71. The molecule has 0 spiro atoms. The van der Waals surface area contributed by atoms with E-state index in [1.165, 1.54) is 10.5 Å². The molecule has 0 saturated heterocycles. The highest BCUT2D eigenvalue weighted by Gasteiger charge is 2.22. The van der Waals surface area contributed by atoms with Crippen molar-refractivity contribution in [3.05, 3.63) is 45.9 Å². The van der Waals surface area contributed by atoms with E-state index in [0.717, 1.165) is 5.56 Å². The molecule has 1 amide bonds. The maximum absolute atomic E-state index is 12.9. The maximum atomic E-state index is 12.9. The summed E-state index contributed by atoms with van der Waals surface area (Å²) in [6.45, 7) is 6.45. The van der Waals surface area contributed by atoms with Crippen LogP contribution in [-0.2, 0) is 7.05 Å². The Kier molecular flexibility index (Phi) is 4.16. The number of aromatic nitrogens is 3. The van der Waals surface area contributed by atoms with Crippen LogP contribution in [0.25, 0.3) is 16.7 Å². The molecule has 0 unspecified atom stereocenters. The van der Waals surface area contributed by atoms with Crippen molar-refractivity contribution >= 4 is 28.4 Å². The number of nitrogen functional groups attached to an aromatic ring is 1. The van der Waals surface area contributed by atoms with Gasteiger partial charge in [-0.3, -0.25) is 14.0 Å². The summed E-state index contributed by atoms with van der Waals surface area (Å²) < 4.78 is 3.08. The van der Waals surface area contributed by atoms with Gasteiger partial charge < -0.3 is 11.1 Å². The summed E-state index contributed by atoms with van der Waals surface area (Å²) in [6, 6.07) is 5.22. The molecule has 25 heavy (non-hydrogen) atoms. The van der Waals surface area contributed by atoms with Crippen LogP contribution in [0.3, 0.4) is 0 Å². The molecule has 7 nitrogen and oxygen atoms in total. The average Bonchev–Trinajstić information content (AvgIpc) is 2.57. The predicted octanol–water partition coefficient (Wildman–Crippen LogP) is 0.949. The molecule has 0 aliphatic carbocycles. The van der Waals surface area contributed by atoms with E-state index in [1.54, 1.807) is 23.9 Å². The summed E-state index contributed by atoms with van der Waals surface area (Å²) >= 11 is 0. The fourth-order valence-corrected chi connectivity index (χ4v) is 2.77. The Hall–Kier alpha value is -2.96. The molecule has 3 rings (SSSR count). The minimum absolute atomic E-state index is 0.225. The first-order valence-corrected chi connectivity index (χ1v) is 8.19. The SMILES string of the molecule is Cc1cccn2c(=O)c3cc(C(=O)NCC(C)C)c(N)[n+](C)c3nc12. The minimum atomic E-state index is -0.294. The number of pyridine rings is 2. The molecule has 0 atom stereocenters. The van der Waals surface area contributed by atoms with Gasteiger partial charge >= 0.3 is 0 Å². The molecule has 7 heteroatoms. The lowest BCUT2D eigenvalue weighted by Gasteiger charge is -2.11. The molecular weight excluding hydrogens is 318 g/mol. The first-order chi connectivity index (χ1) is 11.8. The molecule has 3 N–H and O–H groups in total. The smallest absolute Gasteiger partial charge is 0.278 e. The van der Waals surface area contributed by atoms with Gasteiger partial charge in [0.25, 0.3) is 17.1 Å². The van der Waals surface area contributed by atoms with Crippen LogP contribution in [0.2, 0.25) is 0 Å². The number of nitrogens with one attached hydrogen (secondary N) is 1. The Balaban J connectivity index is 2.28. The molecule has 0 fully saturated rings. The Bertz CT molecular complexity index is 1050. The Morgan fingerprint density at radius 2 is 2.16 bits per heavy atom. The lowest BCUT2D eigenvalue weighted by Crippen LogP contribution is -2.40. The van der Waals surface area contributed by atoms with Crippen LogP contribution in [0.1, 0.15) is 29.8 Å². The highest BCUT2D eigenvalue weighted by Crippen LogP contribution is 2.15. The predicted molar refractivity (Wildman–Crippen MR) is 96.5 cm³/mol. The number of carbonyl (C=O) groups excluding carboxylic acids is 1. The average molecular weight is 340 g/mol. The number of anilines is 1. The highest BCUT2D eigenvalue weighted by molar-refractivity contribution is 6.00. The molecule has 3 aromatic heterocycles. The number of nitrogens with two attached hydrogens (primary N) is 1. The van der Waals surface area contributed by atoms with Gasteiger partial charge in [-0.05, 0) is 25.0 Å². The third kappa shape index (κ3) is 2.82. The maximum Gasteiger partial charge on any atom is 0.278 e. The number of hydrogen-bond donors (Lipinski definition) is 2. The minimum Gasteiger partial charge on any atom is -0.352 e. The van der Waals surface area contributed by atoms with Crippen molar-refractivity contribution < 1.29 is 9.36 Å². The van der Waals surface area contributed by atoms with Crippen molar-refractivity contribution in [3.63, 3.8) is 0 Å². The van der Waals surface area contributed by atoms with Crippen molar-refractivity contribution in [2.45, 2.75) is 20.8 Å². The van der Waals surface area contributed by atoms with Crippen molar-refractivity contribution in [2.24, 2.45) is 13.0 Å². The number of amides is 1. The summed E-state index contributed by atoms with van der Waals surface area (Å²) in [5.41, 5.74) is 8.12. The fraction of sp³-hybridized carbons (Fsp3) is 0.333. The summed E-state index contributed by atoms with van der Waals surface area (Å²) in [6.07, 6.45) is 1.67. The van der Waals surface area contributed by atoms with Gasteiger partial charge in [0, 0.05) is 18.3 Å². The number of aryl methyl sites for hydroxylation is 2. The Morgan fingerprint density at radius 1 is 1.44 bits per heavy atom. The van der Waals surface area contributed by atoms with Crippen LogP contribution < -0.4 is 21.2 Å². The van der Waals surface area contributed by atoms with Gasteiger partial charge in [-0.1, -0.05) is 24.9 Å². The molecule has 0 aliphatic heterocycles. The van der Waals surface area contributed by atoms with Gasteiger partial charge in [-0.2, -0.15) is 0 Å². The first kappa shape index (κ1) is 16.9. The second kappa shape index (κ2) is 6.16. The molecule has 3 heterocycles. The quantitative estimate of drug-likeness (QED) is 0.548. The molecule has 0 saturated carbocycles. The van der Waals surface area contributed by atoms with Gasteiger partial charge in [0.2, 0.25) is 11.5 Å². The molecule has 0 radical (unpaired) electrons. The molecule has 0 aliphatic rings. The van der Waals surface area contributed by atoms with Crippen LogP contribution in [-0.4, -0.2) is 21.8 Å². The van der Waals surface area contributed by atoms with E-state index >= 15 is 0 Å². The third-order valence-electron chi connectivity index (χ3n) is 4.22. The molecular formula is C18H22N5O2+. The van der Waals surface area contributed by atoms with E-state index in [4.69, 9.17) is 5.73 Å². The first-order valence-electron chi connectivity index (χ1n) is 8.19. The lowest BCUT2D eigenvalue weighted by atomic mass is 10.1. The van der Waals surface area contributed by atoms with E-state index in [-0.39, 0.29) is 22.8 Å². The molecule has 0 bridgehead atoms. The van der Waals surface area contributed by atoms with Gasteiger partial charge in [-0.25, -0.2) is 4.57 Å². The van der Waals surface area contributed by atoms with Crippen LogP contribution in [0.15, 0.2) is 29.2 Å². The van der Waals surface area contributed by atoms with Crippen LogP contribution in [0.5, 0.6) is 0 Å². The zero-order valence-corrected chi connectivity index (χ0v) is 14.8. The number of hydrogen-bond acceptors (Lipinski definition) is 4. The molecule has 130 valence electrons. The van der Waals surface area contributed by atoms with E-state index in [1.807, 2.05) is 26.8 Å². The standard InChI is InChI=1S/C18H21N5O2/c1-10(2)9-20-17(24)12-8-13-16(22(4)14(12)19)21-15-11(3)6-5-7-23(15)18(13)25/h5-8,10,19H,9H2,1-4H3,(H,20,24)/p+1. The summed E-state index contributed by atoms with van der Waals surface area (Å²) in [5, 5.41) is 3.19. The monoisotopic (exact) mass is 340 g/mol. The van der Waals surface area contributed by atoms with Crippen molar-refractivity contribution in [3.8, 4) is 0 Å². The van der Waals surface area contributed by atoms with E-state index in [0.29, 0.717) is 29.1 Å². The Morgan fingerprint density at radius 3 is 2.84 bits per heavy atom. The second-order valence-electron chi connectivity index (χ2n) is 6.65. The number of carbonyl (C=O) groups is 1. The number of fused-ring (bicyclic) bond motifs is 2. The van der Waals surface area contributed by atoms with Gasteiger partial charge in [0.05, 0.1) is 7.05 Å². The summed E-state index contributed by atoms with van der Waals surface area (Å²) in [5.74, 6) is 0.301. The highest BCUT2D eigenvalue weighted by atomic mass is 16.1. The van der Waals surface area contributed by atoms with Crippen molar-refractivity contribution in [1.29, 1.82) is 0 Å². The van der Waals surface area contributed by atoms with Gasteiger partial charge in [-0.15, -0.1) is 0 Å². The number of rotatable bonds is 3. The van der Waals surface area contributed by atoms with Crippen molar-refractivity contribution in [2.75, 3.05) is 12.3 Å². The van der Waals surface area contributed by atoms with E-state index < -0.39 is 0 Å². The zero-order valence-electron chi connectivity index (χ0n) is 14.8. The van der Waals surface area contributed by atoms with Crippen LogP contribution in [0.4, 0.5) is 5.82 Å². The van der Waals surface area contributed by atoms with Crippen LogP contribution in [0, 0.1) is 12.8 Å². The van der Waals surface area contributed by atoms with Gasteiger partial charge in [0.1, 0.15) is 10.9 Å². The Labute approximate surface area is 145 Å². The number of nitrogens with zero attached hydrogens (tertiary/aromatic N) is 3. The topological polar surface area (TPSA) is 93.4 Å².